The maximum atomic E-state index is 13.4. The summed E-state index contributed by atoms with van der Waals surface area (Å²) in [4.78, 5) is 4.69. The molecule has 2 heterocycles. The van der Waals surface area contributed by atoms with Crippen molar-refractivity contribution in [2.24, 2.45) is 12.0 Å². The molecule has 1 aromatic heterocycles. The maximum Gasteiger partial charge on any atom is 0.196 e. The van der Waals surface area contributed by atoms with Crippen molar-refractivity contribution in [3.05, 3.63) is 71.8 Å². The minimum atomic E-state index is -0.229. The van der Waals surface area contributed by atoms with Gasteiger partial charge in [0, 0.05) is 38.0 Å². The molecule has 0 radical (unpaired) electrons. The van der Waals surface area contributed by atoms with Gasteiger partial charge >= 0.3 is 0 Å². The predicted octanol–water partition coefficient (Wildman–Crippen LogP) is 4.14. The van der Waals surface area contributed by atoms with Gasteiger partial charge in [0.2, 0.25) is 0 Å². The lowest BCUT2D eigenvalue weighted by Gasteiger charge is -2.15. The molecule has 4 rings (SSSR count). The lowest BCUT2D eigenvalue weighted by atomic mass is 10.1. The monoisotopic (exact) mass is 551 g/mol. The molecular formula is C23H27FIN5O2. The number of nitrogens with one attached hydrogen (secondary N) is 2. The molecule has 0 bridgehead atoms. The Kier molecular flexibility index (Phi) is 8.72. The molecule has 2 aromatic carbocycles. The zero-order chi connectivity index (χ0) is 21.5. The summed E-state index contributed by atoms with van der Waals surface area (Å²) in [6.45, 7) is 2.35. The number of aromatic nitrogens is 2. The summed E-state index contributed by atoms with van der Waals surface area (Å²) >= 11 is 0. The minimum absolute atomic E-state index is 0. The van der Waals surface area contributed by atoms with Crippen LogP contribution >= 0.6 is 24.0 Å². The van der Waals surface area contributed by atoms with E-state index < -0.39 is 0 Å². The van der Waals surface area contributed by atoms with Crippen LogP contribution < -0.4 is 20.1 Å². The lowest BCUT2D eigenvalue weighted by Crippen LogP contribution is -2.32. The number of hydrogen-bond donors (Lipinski definition) is 2. The van der Waals surface area contributed by atoms with Gasteiger partial charge in [-0.05, 0) is 42.3 Å². The van der Waals surface area contributed by atoms with Crippen LogP contribution in [0.4, 0.5) is 10.1 Å². The van der Waals surface area contributed by atoms with E-state index in [0.717, 1.165) is 29.1 Å². The first kappa shape index (κ1) is 23.8. The fourth-order valence-electron chi connectivity index (χ4n) is 3.25. The van der Waals surface area contributed by atoms with E-state index in [1.54, 1.807) is 23.0 Å². The molecule has 0 fully saturated rings. The smallest absolute Gasteiger partial charge is 0.196 e. The molecule has 3 aromatic rings. The van der Waals surface area contributed by atoms with E-state index in [0.29, 0.717) is 44.4 Å². The van der Waals surface area contributed by atoms with Gasteiger partial charge in [0.25, 0.3) is 0 Å². The Hall–Kier alpha value is -2.82. The third-order valence-electron chi connectivity index (χ3n) is 4.93. The van der Waals surface area contributed by atoms with Gasteiger partial charge in [0.15, 0.2) is 17.5 Å². The van der Waals surface area contributed by atoms with Crippen LogP contribution in [-0.2, 0) is 20.0 Å². The van der Waals surface area contributed by atoms with Gasteiger partial charge in [0.05, 0.1) is 25.5 Å². The quantitative estimate of drug-likeness (QED) is 0.274. The van der Waals surface area contributed by atoms with Crippen LogP contribution in [0, 0.1) is 5.82 Å². The Balaban J connectivity index is 0.00000289. The molecule has 1 aliphatic rings. The van der Waals surface area contributed by atoms with Crippen molar-refractivity contribution in [1.82, 2.24) is 15.1 Å². The molecule has 2 N–H and O–H groups in total. The average Bonchev–Trinajstić information content (AvgIpc) is 3.03. The summed E-state index contributed by atoms with van der Waals surface area (Å²) in [6.07, 6.45) is 3.28. The maximum absolute atomic E-state index is 13.4. The highest BCUT2D eigenvalue weighted by Crippen LogP contribution is 2.32. The summed E-state index contributed by atoms with van der Waals surface area (Å²) < 4.78 is 26.7. The Morgan fingerprint density at radius 2 is 1.97 bits per heavy atom. The number of hydrogen-bond acceptors (Lipinski definition) is 4. The molecular weight excluding hydrogens is 524 g/mol. The number of guanidine groups is 1. The van der Waals surface area contributed by atoms with Crippen LogP contribution in [0.25, 0.3) is 0 Å². The fourth-order valence-corrected chi connectivity index (χ4v) is 3.25. The molecule has 9 heteroatoms. The molecule has 0 spiro atoms. The predicted molar refractivity (Wildman–Crippen MR) is 134 cm³/mol. The Labute approximate surface area is 204 Å². The molecule has 0 atom stereocenters. The molecule has 0 saturated carbocycles. The second-order valence-electron chi connectivity index (χ2n) is 7.25. The van der Waals surface area contributed by atoms with Gasteiger partial charge in [-0.1, -0.05) is 12.1 Å². The van der Waals surface area contributed by atoms with Crippen LogP contribution in [0.1, 0.15) is 17.7 Å². The molecule has 32 heavy (non-hydrogen) atoms. The molecule has 0 unspecified atom stereocenters. The van der Waals surface area contributed by atoms with Crippen LogP contribution in [0.15, 0.2) is 59.7 Å². The fraction of sp³-hybridized carbons (Fsp3) is 0.304. The zero-order valence-electron chi connectivity index (χ0n) is 17.9. The SMILES string of the molecule is Cn1nccc1CN=C(NCCc1cccc(F)c1)Nc1ccc2c(c1)OCCCO2.I. The molecule has 7 nitrogen and oxygen atoms in total. The number of aryl methyl sites for hydroxylation is 1. The molecule has 0 aliphatic carbocycles. The van der Waals surface area contributed by atoms with E-state index in [2.05, 4.69) is 20.7 Å². The van der Waals surface area contributed by atoms with E-state index in [1.807, 2.05) is 37.4 Å². The first-order chi connectivity index (χ1) is 15.2. The van der Waals surface area contributed by atoms with Crippen molar-refractivity contribution in [1.29, 1.82) is 0 Å². The molecule has 170 valence electrons. The molecule has 0 saturated heterocycles. The number of benzene rings is 2. The molecule has 1 aliphatic heterocycles. The topological polar surface area (TPSA) is 72.7 Å². The van der Waals surface area contributed by atoms with Gasteiger partial charge in [-0.2, -0.15) is 5.10 Å². The second kappa shape index (κ2) is 11.7. The van der Waals surface area contributed by atoms with Gasteiger partial charge in [-0.15, -0.1) is 24.0 Å². The minimum Gasteiger partial charge on any atom is -0.490 e. The normalized spacial score (nSPS) is 13.1. The third kappa shape index (κ3) is 6.59. The van der Waals surface area contributed by atoms with Crippen LogP contribution in [0.2, 0.25) is 0 Å². The van der Waals surface area contributed by atoms with Crippen LogP contribution in [0.3, 0.4) is 0 Å². The van der Waals surface area contributed by atoms with Crippen LogP contribution in [-0.4, -0.2) is 35.5 Å². The van der Waals surface area contributed by atoms with Crippen molar-refractivity contribution < 1.29 is 13.9 Å². The van der Waals surface area contributed by atoms with E-state index in [4.69, 9.17) is 9.47 Å². The largest absolute Gasteiger partial charge is 0.490 e. The first-order valence-electron chi connectivity index (χ1n) is 10.3. The summed E-state index contributed by atoms with van der Waals surface area (Å²) in [7, 11) is 1.89. The standard InChI is InChI=1S/C23H26FN5O2.HI/c1-29-20(9-11-27-29)16-26-23(25-10-8-17-4-2-5-18(24)14-17)28-19-6-7-21-22(15-19)31-13-3-12-30-21;/h2,4-7,9,11,14-15H,3,8,10,12-13,16H2,1H3,(H2,25,26,28);1H. The van der Waals surface area contributed by atoms with Crippen molar-refractivity contribution in [3.63, 3.8) is 0 Å². The molecule has 0 amide bonds. The number of nitrogens with zero attached hydrogens (tertiary/aromatic N) is 3. The number of anilines is 1. The Morgan fingerprint density at radius 3 is 2.75 bits per heavy atom. The van der Waals surface area contributed by atoms with E-state index >= 15 is 0 Å². The van der Waals surface area contributed by atoms with Crippen LogP contribution in [0.5, 0.6) is 11.5 Å². The number of fused-ring (bicyclic) bond motifs is 1. The highest BCUT2D eigenvalue weighted by atomic mass is 127. The number of aliphatic imine (C=N–C) groups is 1. The van der Waals surface area contributed by atoms with Gasteiger partial charge < -0.3 is 20.1 Å². The summed E-state index contributed by atoms with van der Waals surface area (Å²) in [6, 6.07) is 14.3. The highest BCUT2D eigenvalue weighted by molar-refractivity contribution is 14.0. The van der Waals surface area contributed by atoms with Crippen molar-refractivity contribution in [2.45, 2.75) is 19.4 Å². The highest BCUT2D eigenvalue weighted by Gasteiger charge is 2.11. The number of halogens is 2. The van der Waals surface area contributed by atoms with Crippen molar-refractivity contribution >= 4 is 35.6 Å². The average molecular weight is 551 g/mol. The summed E-state index contributed by atoms with van der Waals surface area (Å²) in [5.41, 5.74) is 2.75. The zero-order valence-corrected chi connectivity index (χ0v) is 20.2. The van der Waals surface area contributed by atoms with Gasteiger partial charge in [-0.3, -0.25) is 4.68 Å². The Morgan fingerprint density at radius 1 is 1.12 bits per heavy atom. The number of ether oxygens (including phenoxy) is 2. The first-order valence-corrected chi connectivity index (χ1v) is 10.3. The second-order valence-corrected chi connectivity index (χ2v) is 7.25. The van der Waals surface area contributed by atoms with E-state index in [1.165, 1.54) is 6.07 Å². The third-order valence-corrected chi connectivity index (χ3v) is 4.93. The van der Waals surface area contributed by atoms with E-state index in [9.17, 15) is 4.39 Å². The Bertz CT molecular complexity index is 1060. The lowest BCUT2D eigenvalue weighted by molar-refractivity contribution is 0.297. The number of rotatable bonds is 6. The summed E-state index contributed by atoms with van der Waals surface area (Å²) in [5, 5.41) is 10.8. The van der Waals surface area contributed by atoms with Crippen molar-refractivity contribution in [2.75, 3.05) is 25.1 Å². The summed E-state index contributed by atoms with van der Waals surface area (Å²) in [5.74, 6) is 1.85. The van der Waals surface area contributed by atoms with E-state index in [-0.39, 0.29) is 29.8 Å². The van der Waals surface area contributed by atoms with Crippen molar-refractivity contribution in [3.8, 4) is 11.5 Å². The van der Waals surface area contributed by atoms with Gasteiger partial charge in [-0.25, -0.2) is 9.38 Å². The van der Waals surface area contributed by atoms with Gasteiger partial charge in [0.1, 0.15) is 5.82 Å².